The highest BCUT2D eigenvalue weighted by molar-refractivity contribution is 5.95. The number of aromatic nitrogens is 3. The molecular weight excluding hydrogens is 322 g/mol. The maximum atomic E-state index is 12.5. The van der Waals surface area contributed by atoms with E-state index in [1.54, 1.807) is 43.3 Å². The van der Waals surface area contributed by atoms with Gasteiger partial charge in [-0.1, -0.05) is 17.3 Å². The van der Waals surface area contributed by atoms with Crippen LogP contribution in [0.15, 0.2) is 53.3 Å². The summed E-state index contributed by atoms with van der Waals surface area (Å²) in [5.74, 6) is -0.984. The fourth-order valence-electron chi connectivity index (χ4n) is 2.33. The van der Waals surface area contributed by atoms with Crippen molar-refractivity contribution in [2.75, 3.05) is 5.32 Å². The number of carbonyl (C=O) groups is 2. The molecule has 8 heteroatoms. The van der Waals surface area contributed by atoms with Gasteiger partial charge in [-0.25, -0.2) is 0 Å². The Morgan fingerprint density at radius 1 is 1.12 bits per heavy atom. The lowest BCUT2D eigenvalue weighted by Crippen LogP contribution is -2.34. The Hall–Kier alpha value is -3.55. The van der Waals surface area contributed by atoms with Crippen LogP contribution in [-0.2, 0) is 4.79 Å². The Morgan fingerprint density at radius 2 is 1.80 bits per heavy atom. The second kappa shape index (κ2) is 6.52. The first-order valence-corrected chi connectivity index (χ1v) is 7.52. The van der Waals surface area contributed by atoms with E-state index in [2.05, 4.69) is 15.6 Å². The molecule has 0 saturated carbocycles. The van der Waals surface area contributed by atoms with E-state index in [1.165, 1.54) is 12.1 Å². The highest BCUT2D eigenvalue weighted by atomic mass is 16.2. The van der Waals surface area contributed by atoms with Gasteiger partial charge in [0, 0.05) is 11.3 Å². The van der Waals surface area contributed by atoms with Crippen LogP contribution in [0.2, 0.25) is 0 Å². The average Bonchev–Trinajstić information content (AvgIpc) is 2.62. The largest absolute Gasteiger partial charge is 0.366 e. The molecule has 0 bridgehead atoms. The average molecular weight is 337 g/mol. The number of nitrogens with zero attached hydrogens (tertiary/aromatic N) is 3. The molecule has 0 radical (unpaired) electrons. The zero-order valence-corrected chi connectivity index (χ0v) is 13.3. The summed E-state index contributed by atoms with van der Waals surface area (Å²) < 4.78 is 1.04. The van der Waals surface area contributed by atoms with Gasteiger partial charge in [0.15, 0.2) is 0 Å². The van der Waals surface area contributed by atoms with Gasteiger partial charge in [0.05, 0.1) is 5.39 Å². The number of anilines is 1. The minimum Gasteiger partial charge on any atom is -0.366 e. The summed E-state index contributed by atoms with van der Waals surface area (Å²) in [6.07, 6.45) is 0. The van der Waals surface area contributed by atoms with Crippen LogP contribution in [0.25, 0.3) is 10.9 Å². The van der Waals surface area contributed by atoms with Crippen LogP contribution >= 0.6 is 0 Å². The van der Waals surface area contributed by atoms with E-state index in [1.807, 2.05) is 0 Å². The highest BCUT2D eigenvalue weighted by Crippen LogP contribution is 2.12. The number of carbonyl (C=O) groups excluding carboxylic acids is 2. The number of hydrogen-bond acceptors (Lipinski definition) is 5. The number of hydrogen-bond donors (Lipinski definition) is 2. The zero-order chi connectivity index (χ0) is 18.0. The Balaban J connectivity index is 1.84. The molecule has 2 amide bonds. The predicted molar refractivity (Wildman–Crippen MR) is 92.1 cm³/mol. The van der Waals surface area contributed by atoms with Gasteiger partial charge >= 0.3 is 0 Å². The third-order valence-electron chi connectivity index (χ3n) is 3.77. The molecule has 0 aliphatic rings. The van der Waals surface area contributed by atoms with Crippen molar-refractivity contribution in [3.8, 4) is 0 Å². The standard InChI is InChI=1S/C17H15N5O3/c1-10(16(24)19-12-8-6-11(7-9-12)15(18)23)22-17(25)13-4-2-3-5-14(13)20-21-22/h2-10H,1H3,(H2,18,23)(H,19,24). The van der Waals surface area contributed by atoms with Gasteiger partial charge in [-0.05, 0) is 43.3 Å². The minimum atomic E-state index is -0.861. The summed E-state index contributed by atoms with van der Waals surface area (Å²) in [6.45, 7) is 1.55. The Labute approximate surface area is 142 Å². The van der Waals surface area contributed by atoms with Crippen molar-refractivity contribution in [1.82, 2.24) is 15.0 Å². The maximum Gasteiger partial charge on any atom is 0.278 e. The second-order valence-corrected chi connectivity index (χ2v) is 5.46. The molecule has 126 valence electrons. The zero-order valence-electron chi connectivity index (χ0n) is 13.3. The van der Waals surface area contributed by atoms with Gasteiger partial charge in [0.1, 0.15) is 11.6 Å². The number of primary amides is 1. The Morgan fingerprint density at radius 3 is 2.48 bits per heavy atom. The molecule has 1 heterocycles. The number of nitrogens with one attached hydrogen (secondary N) is 1. The molecule has 0 spiro atoms. The van der Waals surface area contributed by atoms with Gasteiger partial charge in [0.2, 0.25) is 11.8 Å². The molecule has 0 aliphatic heterocycles. The Kier molecular flexibility index (Phi) is 4.25. The third-order valence-corrected chi connectivity index (χ3v) is 3.77. The predicted octanol–water partition coefficient (Wildman–Crippen LogP) is 1.09. The quantitative estimate of drug-likeness (QED) is 0.738. The molecule has 0 fully saturated rings. The molecular formula is C17H15N5O3. The lowest BCUT2D eigenvalue weighted by Gasteiger charge is -2.13. The van der Waals surface area contributed by atoms with Gasteiger partial charge < -0.3 is 11.1 Å². The number of amides is 2. The summed E-state index contributed by atoms with van der Waals surface area (Å²) >= 11 is 0. The summed E-state index contributed by atoms with van der Waals surface area (Å²) in [4.78, 5) is 35.9. The molecule has 3 rings (SSSR count). The number of rotatable bonds is 4. The fourth-order valence-corrected chi connectivity index (χ4v) is 2.33. The second-order valence-electron chi connectivity index (χ2n) is 5.46. The topological polar surface area (TPSA) is 120 Å². The van der Waals surface area contributed by atoms with E-state index in [9.17, 15) is 14.4 Å². The van der Waals surface area contributed by atoms with Crippen molar-refractivity contribution >= 4 is 28.4 Å². The molecule has 1 unspecified atom stereocenters. The van der Waals surface area contributed by atoms with Crippen molar-refractivity contribution in [2.24, 2.45) is 5.73 Å². The number of fused-ring (bicyclic) bond motifs is 1. The first kappa shape index (κ1) is 16.3. The normalized spacial score (nSPS) is 11.9. The summed E-state index contributed by atoms with van der Waals surface area (Å²) in [5, 5.41) is 10.9. The van der Waals surface area contributed by atoms with Gasteiger partial charge in [-0.2, -0.15) is 4.68 Å². The van der Waals surface area contributed by atoms with Crippen molar-refractivity contribution in [3.63, 3.8) is 0 Å². The molecule has 1 atom stereocenters. The molecule has 1 aromatic heterocycles. The third kappa shape index (κ3) is 3.23. The molecule has 8 nitrogen and oxygen atoms in total. The summed E-state index contributed by atoms with van der Waals surface area (Å²) in [5.41, 5.74) is 6.06. The van der Waals surface area contributed by atoms with Crippen LogP contribution in [-0.4, -0.2) is 26.8 Å². The van der Waals surface area contributed by atoms with Crippen molar-refractivity contribution in [3.05, 3.63) is 64.4 Å². The van der Waals surface area contributed by atoms with Crippen molar-refractivity contribution < 1.29 is 9.59 Å². The van der Waals surface area contributed by atoms with E-state index in [0.29, 0.717) is 22.2 Å². The molecule has 3 aromatic rings. The monoisotopic (exact) mass is 337 g/mol. The van der Waals surface area contributed by atoms with E-state index in [-0.39, 0.29) is 0 Å². The van der Waals surface area contributed by atoms with Crippen LogP contribution in [0.4, 0.5) is 5.69 Å². The van der Waals surface area contributed by atoms with Gasteiger partial charge in [0.25, 0.3) is 5.56 Å². The first-order valence-electron chi connectivity index (χ1n) is 7.52. The van der Waals surface area contributed by atoms with Gasteiger partial charge in [-0.3, -0.25) is 14.4 Å². The van der Waals surface area contributed by atoms with Gasteiger partial charge in [-0.15, -0.1) is 5.10 Å². The highest BCUT2D eigenvalue weighted by Gasteiger charge is 2.19. The van der Waals surface area contributed by atoms with Crippen LogP contribution in [0.5, 0.6) is 0 Å². The molecule has 2 aromatic carbocycles. The van der Waals surface area contributed by atoms with Crippen molar-refractivity contribution in [1.29, 1.82) is 0 Å². The number of benzene rings is 2. The fraction of sp³-hybridized carbons (Fsp3) is 0.118. The maximum absolute atomic E-state index is 12.5. The number of nitrogens with two attached hydrogens (primary N) is 1. The lowest BCUT2D eigenvalue weighted by atomic mass is 10.2. The van der Waals surface area contributed by atoms with E-state index >= 15 is 0 Å². The first-order chi connectivity index (χ1) is 12.0. The molecule has 0 aliphatic carbocycles. The summed E-state index contributed by atoms with van der Waals surface area (Å²) in [6, 6.07) is 12.1. The van der Waals surface area contributed by atoms with E-state index in [4.69, 9.17) is 5.73 Å². The van der Waals surface area contributed by atoms with E-state index < -0.39 is 23.4 Å². The SMILES string of the molecule is CC(C(=O)Nc1ccc(C(N)=O)cc1)n1nnc2ccccc2c1=O. The molecule has 3 N–H and O–H groups in total. The minimum absolute atomic E-state index is 0.336. The van der Waals surface area contributed by atoms with Crippen LogP contribution in [0, 0.1) is 0 Å². The van der Waals surface area contributed by atoms with E-state index in [0.717, 1.165) is 4.68 Å². The van der Waals surface area contributed by atoms with Crippen LogP contribution in [0.3, 0.4) is 0 Å². The smallest absolute Gasteiger partial charge is 0.278 e. The van der Waals surface area contributed by atoms with Crippen molar-refractivity contribution in [2.45, 2.75) is 13.0 Å². The molecule has 25 heavy (non-hydrogen) atoms. The Bertz CT molecular complexity index is 1010. The molecule has 0 saturated heterocycles. The van der Waals surface area contributed by atoms with Crippen LogP contribution in [0.1, 0.15) is 23.3 Å². The lowest BCUT2D eigenvalue weighted by molar-refractivity contribution is -0.119. The summed E-state index contributed by atoms with van der Waals surface area (Å²) in [7, 11) is 0. The van der Waals surface area contributed by atoms with Crippen LogP contribution < -0.4 is 16.6 Å².